The molecule has 0 fully saturated rings. The lowest BCUT2D eigenvalue weighted by molar-refractivity contribution is -0.118. The quantitative estimate of drug-likeness (QED) is 0.309. The molecular weight excluding hydrogens is 208 g/mol. The number of carbonyl (C=O) groups is 1. The summed E-state index contributed by atoms with van der Waals surface area (Å²) in [6.07, 6.45) is 1.42. The molecule has 16 heavy (non-hydrogen) atoms. The molecule has 0 bridgehead atoms. The van der Waals surface area contributed by atoms with Crippen molar-refractivity contribution in [2.24, 2.45) is 5.84 Å². The van der Waals surface area contributed by atoms with Crippen molar-refractivity contribution in [3.05, 3.63) is 11.9 Å². The maximum atomic E-state index is 10.6. The maximum absolute atomic E-state index is 10.6. The highest BCUT2D eigenvalue weighted by Gasteiger charge is 2.04. The van der Waals surface area contributed by atoms with Crippen LogP contribution in [0, 0.1) is 6.92 Å². The van der Waals surface area contributed by atoms with E-state index in [1.807, 2.05) is 6.92 Å². The van der Waals surface area contributed by atoms with E-state index in [0.717, 1.165) is 5.56 Å². The summed E-state index contributed by atoms with van der Waals surface area (Å²) in [4.78, 5) is 18.7. The Labute approximate surface area is 93.8 Å². The number of nitrogens with one attached hydrogen (secondary N) is 3. The number of carbonyl (C=O) groups excluding carboxylic acids is 1. The zero-order valence-corrected chi connectivity index (χ0v) is 9.37. The first kappa shape index (κ1) is 12.2. The highest BCUT2D eigenvalue weighted by Crippen LogP contribution is 2.16. The molecule has 5 N–H and O–H groups in total. The number of hydrazine groups is 1. The van der Waals surface area contributed by atoms with Gasteiger partial charge in [0.25, 0.3) is 0 Å². The van der Waals surface area contributed by atoms with Crippen LogP contribution in [0.25, 0.3) is 0 Å². The Balaban J connectivity index is 2.50. The zero-order chi connectivity index (χ0) is 12.0. The molecule has 0 aromatic carbocycles. The van der Waals surface area contributed by atoms with Crippen LogP contribution >= 0.6 is 0 Å². The van der Waals surface area contributed by atoms with E-state index in [4.69, 9.17) is 5.84 Å². The van der Waals surface area contributed by atoms with Crippen molar-refractivity contribution in [1.82, 2.24) is 15.3 Å². The van der Waals surface area contributed by atoms with Gasteiger partial charge < -0.3 is 16.1 Å². The molecule has 7 heteroatoms. The van der Waals surface area contributed by atoms with Crippen LogP contribution in [0.1, 0.15) is 12.5 Å². The number of rotatable bonds is 5. The van der Waals surface area contributed by atoms with Gasteiger partial charge in [-0.25, -0.2) is 15.8 Å². The minimum absolute atomic E-state index is 0.0504. The summed E-state index contributed by atoms with van der Waals surface area (Å²) in [7, 11) is 0. The summed E-state index contributed by atoms with van der Waals surface area (Å²) in [6.45, 7) is 4.48. The van der Waals surface area contributed by atoms with Gasteiger partial charge in [-0.3, -0.25) is 4.79 Å². The number of anilines is 2. The number of nitrogens with two attached hydrogens (primary N) is 1. The van der Waals surface area contributed by atoms with Gasteiger partial charge in [-0.1, -0.05) is 0 Å². The third kappa shape index (κ3) is 3.35. The van der Waals surface area contributed by atoms with Crippen LogP contribution in [0.5, 0.6) is 0 Å². The summed E-state index contributed by atoms with van der Waals surface area (Å²) < 4.78 is 0. The van der Waals surface area contributed by atoms with Crippen LogP contribution in [0.15, 0.2) is 6.33 Å². The summed E-state index contributed by atoms with van der Waals surface area (Å²) in [6, 6.07) is 0. The van der Waals surface area contributed by atoms with Gasteiger partial charge in [0.2, 0.25) is 5.91 Å². The van der Waals surface area contributed by atoms with Crippen molar-refractivity contribution >= 4 is 17.5 Å². The average Bonchev–Trinajstić information content (AvgIpc) is 2.26. The van der Waals surface area contributed by atoms with Crippen molar-refractivity contribution in [3.63, 3.8) is 0 Å². The fourth-order valence-electron chi connectivity index (χ4n) is 1.19. The van der Waals surface area contributed by atoms with Crippen molar-refractivity contribution in [3.8, 4) is 0 Å². The lowest BCUT2D eigenvalue weighted by Gasteiger charge is -2.10. The summed E-state index contributed by atoms with van der Waals surface area (Å²) >= 11 is 0. The van der Waals surface area contributed by atoms with Gasteiger partial charge in [-0.05, 0) is 6.92 Å². The van der Waals surface area contributed by atoms with Crippen LogP contribution in [-0.4, -0.2) is 29.0 Å². The van der Waals surface area contributed by atoms with Crippen LogP contribution in [0.4, 0.5) is 11.6 Å². The largest absolute Gasteiger partial charge is 0.368 e. The number of nitrogen functional groups attached to an aromatic ring is 1. The second-order valence-corrected chi connectivity index (χ2v) is 3.25. The van der Waals surface area contributed by atoms with E-state index in [9.17, 15) is 4.79 Å². The number of hydrogen-bond acceptors (Lipinski definition) is 6. The first-order valence-electron chi connectivity index (χ1n) is 4.91. The predicted octanol–water partition coefficient (Wildman–Crippen LogP) is -0.381. The molecule has 1 aromatic rings. The van der Waals surface area contributed by atoms with E-state index < -0.39 is 0 Å². The first-order valence-corrected chi connectivity index (χ1v) is 4.91. The number of nitrogens with zero attached hydrogens (tertiary/aromatic N) is 2. The Kier molecular flexibility index (Phi) is 4.46. The molecule has 1 amide bonds. The molecule has 0 aliphatic rings. The molecule has 1 heterocycles. The van der Waals surface area contributed by atoms with Crippen molar-refractivity contribution in [2.75, 3.05) is 23.8 Å². The van der Waals surface area contributed by atoms with E-state index in [1.54, 1.807) is 0 Å². The standard InChI is InChI=1S/C9H16N6O/c1-6-8(12-4-3-11-7(2)16)13-5-14-9(6)15-10/h5H,3-4,10H2,1-2H3,(H,11,16)(H2,12,13,14,15). The number of hydrogen-bond donors (Lipinski definition) is 4. The molecule has 0 spiro atoms. The van der Waals surface area contributed by atoms with Gasteiger partial charge >= 0.3 is 0 Å². The minimum Gasteiger partial charge on any atom is -0.368 e. The van der Waals surface area contributed by atoms with E-state index in [0.29, 0.717) is 24.7 Å². The summed E-state index contributed by atoms with van der Waals surface area (Å²) in [5.74, 6) is 6.52. The van der Waals surface area contributed by atoms with Gasteiger partial charge in [-0.15, -0.1) is 0 Å². The third-order valence-corrected chi connectivity index (χ3v) is 2.01. The lowest BCUT2D eigenvalue weighted by Crippen LogP contribution is -2.26. The van der Waals surface area contributed by atoms with Crippen molar-refractivity contribution < 1.29 is 4.79 Å². The maximum Gasteiger partial charge on any atom is 0.216 e. The monoisotopic (exact) mass is 224 g/mol. The Morgan fingerprint density at radius 2 is 2.06 bits per heavy atom. The predicted molar refractivity (Wildman–Crippen MR) is 61.8 cm³/mol. The highest BCUT2D eigenvalue weighted by molar-refractivity contribution is 5.72. The smallest absolute Gasteiger partial charge is 0.216 e. The fraction of sp³-hybridized carbons (Fsp3) is 0.444. The summed E-state index contributed by atoms with van der Waals surface area (Å²) in [5, 5.41) is 5.76. The van der Waals surface area contributed by atoms with Gasteiger partial charge in [0, 0.05) is 25.6 Å². The minimum atomic E-state index is -0.0504. The average molecular weight is 224 g/mol. The van der Waals surface area contributed by atoms with Crippen molar-refractivity contribution in [2.45, 2.75) is 13.8 Å². The molecule has 0 saturated carbocycles. The molecule has 0 atom stereocenters. The van der Waals surface area contributed by atoms with E-state index in [1.165, 1.54) is 13.3 Å². The van der Waals surface area contributed by atoms with E-state index in [-0.39, 0.29) is 5.91 Å². The number of aromatic nitrogens is 2. The summed E-state index contributed by atoms with van der Waals surface area (Å²) in [5.41, 5.74) is 3.32. The van der Waals surface area contributed by atoms with Crippen LogP contribution in [-0.2, 0) is 4.79 Å². The Bertz CT molecular complexity index is 367. The fourth-order valence-corrected chi connectivity index (χ4v) is 1.19. The van der Waals surface area contributed by atoms with Crippen LogP contribution in [0.3, 0.4) is 0 Å². The molecule has 7 nitrogen and oxygen atoms in total. The molecule has 0 radical (unpaired) electrons. The second kappa shape index (κ2) is 5.86. The normalized spacial score (nSPS) is 9.69. The molecule has 0 aliphatic heterocycles. The van der Waals surface area contributed by atoms with Crippen molar-refractivity contribution in [1.29, 1.82) is 0 Å². The van der Waals surface area contributed by atoms with Gasteiger partial charge in [0.15, 0.2) is 0 Å². The Hall–Kier alpha value is -1.89. The SMILES string of the molecule is CC(=O)NCCNc1ncnc(NN)c1C. The zero-order valence-electron chi connectivity index (χ0n) is 9.37. The molecule has 1 rings (SSSR count). The molecule has 0 saturated heterocycles. The van der Waals surface area contributed by atoms with Crippen LogP contribution < -0.4 is 21.9 Å². The third-order valence-electron chi connectivity index (χ3n) is 2.01. The van der Waals surface area contributed by atoms with Gasteiger partial charge in [-0.2, -0.15) is 0 Å². The molecular formula is C9H16N6O. The van der Waals surface area contributed by atoms with Gasteiger partial charge in [0.05, 0.1) is 0 Å². The molecule has 0 unspecified atom stereocenters. The number of amides is 1. The van der Waals surface area contributed by atoms with E-state index >= 15 is 0 Å². The lowest BCUT2D eigenvalue weighted by atomic mass is 10.3. The second-order valence-electron chi connectivity index (χ2n) is 3.25. The Morgan fingerprint density at radius 3 is 2.69 bits per heavy atom. The topological polar surface area (TPSA) is 105 Å². The molecule has 1 aromatic heterocycles. The first-order chi connectivity index (χ1) is 7.65. The molecule has 88 valence electrons. The highest BCUT2D eigenvalue weighted by atomic mass is 16.1. The van der Waals surface area contributed by atoms with E-state index in [2.05, 4.69) is 26.0 Å². The molecule has 0 aliphatic carbocycles. The van der Waals surface area contributed by atoms with Crippen LogP contribution in [0.2, 0.25) is 0 Å². The van der Waals surface area contributed by atoms with Gasteiger partial charge in [0.1, 0.15) is 18.0 Å². The Morgan fingerprint density at radius 1 is 1.38 bits per heavy atom.